The SMILES string of the molecule is OC1(Cc2cc(F)c(OCc3ccccc3)c(Cl)c2)CC1. The molecule has 21 heavy (non-hydrogen) atoms. The first-order valence-electron chi connectivity index (χ1n) is 6.93. The van der Waals surface area contributed by atoms with E-state index in [2.05, 4.69) is 0 Å². The molecule has 4 heteroatoms. The van der Waals surface area contributed by atoms with Gasteiger partial charge in [-0.25, -0.2) is 4.39 Å². The lowest BCUT2D eigenvalue weighted by Crippen LogP contribution is -2.11. The summed E-state index contributed by atoms with van der Waals surface area (Å²) in [6, 6.07) is 12.6. The summed E-state index contributed by atoms with van der Waals surface area (Å²) < 4.78 is 19.6. The second-order valence-electron chi connectivity index (χ2n) is 5.56. The van der Waals surface area contributed by atoms with Gasteiger partial charge in [0.2, 0.25) is 0 Å². The largest absolute Gasteiger partial charge is 0.484 e. The van der Waals surface area contributed by atoms with E-state index in [0.717, 1.165) is 18.4 Å². The highest BCUT2D eigenvalue weighted by Crippen LogP contribution is 2.40. The first kappa shape index (κ1) is 14.4. The van der Waals surface area contributed by atoms with E-state index in [0.29, 0.717) is 12.0 Å². The quantitative estimate of drug-likeness (QED) is 0.900. The summed E-state index contributed by atoms with van der Waals surface area (Å²) >= 11 is 6.10. The first-order chi connectivity index (χ1) is 10.1. The van der Waals surface area contributed by atoms with Gasteiger partial charge in [0.1, 0.15) is 6.61 Å². The maximum atomic E-state index is 14.1. The van der Waals surface area contributed by atoms with Gasteiger partial charge in [0, 0.05) is 6.42 Å². The number of benzene rings is 2. The van der Waals surface area contributed by atoms with E-state index < -0.39 is 11.4 Å². The third kappa shape index (κ3) is 3.55. The highest BCUT2D eigenvalue weighted by Gasteiger charge is 2.40. The van der Waals surface area contributed by atoms with Gasteiger partial charge in [0.25, 0.3) is 0 Å². The first-order valence-corrected chi connectivity index (χ1v) is 7.31. The number of hydrogen-bond donors (Lipinski definition) is 1. The van der Waals surface area contributed by atoms with Crippen molar-refractivity contribution in [1.82, 2.24) is 0 Å². The lowest BCUT2D eigenvalue weighted by molar-refractivity contribution is 0.151. The topological polar surface area (TPSA) is 29.5 Å². The van der Waals surface area contributed by atoms with Crippen LogP contribution in [0.15, 0.2) is 42.5 Å². The molecule has 0 atom stereocenters. The molecule has 0 heterocycles. The van der Waals surface area contributed by atoms with Crippen LogP contribution >= 0.6 is 11.6 Å². The van der Waals surface area contributed by atoms with Gasteiger partial charge in [-0.3, -0.25) is 0 Å². The summed E-state index contributed by atoms with van der Waals surface area (Å²) in [6.07, 6.45) is 1.96. The molecule has 1 aliphatic rings. The van der Waals surface area contributed by atoms with Gasteiger partial charge in [-0.2, -0.15) is 0 Å². The van der Waals surface area contributed by atoms with Crippen LogP contribution in [0.3, 0.4) is 0 Å². The average molecular weight is 307 g/mol. The van der Waals surface area contributed by atoms with Crippen LogP contribution < -0.4 is 4.74 Å². The van der Waals surface area contributed by atoms with Crippen LogP contribution in [0.1, 0.15) is 24.0 Å². The Labute approximate surface area is 128 Å². The summed E-state index contributed by atoms with van der Waals surface area (Å²) in [4.78, 5) is 0. The zero-order valence-electron chi connectivity index (χ0n) is 11.5. The maximum absolute atomic E-state index is 14.1. The molecule has 110 valence electrons. The van der Waals surface area contributed by atoms with Crippen LogP contribution in [0.4, 0.5) is 4.39 Å². The van der Waals surface area contributed by atoms with E-state index in [1.54, 1.807) is 6.07 Å². The fourth-order valence-corrected chi connectivity index (χ4v) is 2.57. The van der Waals surface area contributed by atoms with Gasteiger partial charge in [-0.15, -0.1) is 0 Å². The van der Waals surface area contributed by atoms with Crippen LogP contribution in [0.2, 0.25) is 5.02 Å². The molecule has 2 aromatic rings. The van der Waals surface area contributed by atoms with Crippen molar-refractivity contribution in [2.24, 2.45) is 0 Å². The van der Waals surface area contributed by atoms with Crippen molar-refractivity contribution in [1.29, 1.82) is 0 Å². The summed E-state index contributed by atoms with van der Waals surface area (Å²) in [5.74, 6) is -0.426. The van der Waals surface area contributed by atoms with Crippen molar-refractivity contribution in [2.75, 3.05) is 0 Å². The van der Waals surface area contributed by atoms with Gasteiger partial charge < -0.3 is 9.84 Å². The van der Waals surface area contributed by atoms with E-state index in [4.69, 9.17) is 16.3 Å². The van der Waals surface area contributed by atoms with Crippen molar-refractivity contribution < 1.29 is 14.2 Å². The number of ether oxygens (including phenoxy) is 1. The minimum absolute atomic E-state index is 0.0621. The third-order valence-corrected chi connectivity index (χ3v) is 3.93. The van der Waals surface area contributed by atoms with Crippen LogP contribution in [0.5, 0.6) is 5.75 Å². The maximum Gasteiger partial charge on any atom is 0.174 e. The Morgan fingerprint density at radius 1 is 1.14 bits per heavy atom. The number of hydrogen-bond acceptors (Lipinski definition) is 2. The van der Waals surface area contributed by atoms with E-state index in [9.17, 15) is 9.50 Å². The average Bonchev–Trinajstić information content (AvgIpc) is 3.16. The molecule has 3 rings (SSSR count). The summed E-state index contributed by atoms with van der Waals surface area (Å²) in [5, 5.41) is 10.1. The molecule has 2 aromatic carbocycles. The molecule has 0 bridgehead atoms. The second-order valence-corrected chi connectivity index (χ2v) is 5.97. The van der Waals surface area contributed by atoms with E-state index in [1.165, 1.54) is 6.07 Å². The smallest absolute Gasteiger partial charge is 0.174 e. The Hall–Kier alpha value is -1.58. The van der Waals surface area contributed by atoms with Crippen LogP contribution in [0, 0.1) is 5.82 Å². The minimum atomic E-state index is -0.665. The predicted molar refractivity (Wildman–Crippen MR) is 80.1 cm³/mol. The molecular formula is C17H16ClFO2. The summed E-state index contributed by atoms with van der Waals surface area (Å²) in [6.45, 7) is 0.265. The fourth-order valence-electron chi connectivity index (χ4n) is 2.28. The van der Waals surface area contributed by atoms with Crippen molar-refractivity contribution in [3.05, 3.63) is 64.4 Å². The fraction of sp³-hybridized carbons (Fsp3) is 0.294. The van der Waals surface area contributed by atoms with E-state index in [-0.39, 0.29) is 17.4 Å². The molecule has 0 unspecified atom stereocenters. The molecule has 0 amide bonds. The minimum Gasteiger partial charge on any atom is -0.484 e. The molecular weight excluding hydrogens is 291 g/mol. The predicted octanol–water partition coefficient (Wildman–Crippen LogP) is 4.13. The Kier molecular flexibility index (Phi) is 3.87. The third-order valence-electron chi connectivity index (χ3n) is 3.64. The van der Waals surface area contributed by atoms with Gasteiger partial charge >= 0.3 is 0 Å². The van der Waals surface area contributed by atoms with Gasteiger partial charge in [-0.1, -0.05) is 41.9 Å². The highest BCUT2D eigenvalue weighted by molar-refractivity contribution is 6.32. The second kappa shape index (κ2) is 5.66. The molecule has 0 aromatic heterocycles. The van der Waals surface area contributed by atoms with Crippen molar-refractivity contribution in [3.63, 3.8) is 0 Å². The standard InChI is InChI=1S/C17H16ClFO2/c18-14-8-13(10-17(20)6-7-17)9-15(19)16(14)21-11-12-4-2-1-3-5-12/h1-5,8-9,20H,6-7,10-11H2. The van der Waals surface area contributed by atoms with Gasteiger partial charge in [0.15, 0.2) is 11.6 Å². The molecule has 1 fully saturated rings. The van der Waals surface area contributed by atoms with Crippen LogP contribution in [0.25, 0.3) is 0 Å². The van der Waals surface area contributed by atoms with Gasteiger partial charge in [-0.05, 0) is 36.1 Å². The Morgan fingerprint density at radius 2 is 1.86 bits per heavy atom. The number of halogens is 2. The van der Waals surface area contributed by atoms with Crippen LogP contribution in [-0.4, -0.2) is 10.7 Å². The number of rotatable bonds is 5. The number of aliphatic hydroxyl groups is 1. The molecule has 0 radical (unpaired) electrons. The van der Waals surface area contributed by atoms with Gasteiger partial charge in [0.05, 0.1) is 10.6 Å². The Bertz CT molecular complexity index is 615. The van der Waals surface area contributed by atoms with E-state index >= 15 is 0 Å². The lowest BCUT2D eigenvalue weighted by atomic mass is 10.1. The molecule has 1 aliphatic carbocycles. The molecule has 0 saturated heterocycles. The van der Waals surface area contributed by atoms with E-state index in [1.807, 2.05) is 30.3 Å². The molecule has 2 nitrogen and oxygen atoms in total. The normalized spacial score (nSPS) is 15.8. The van der Waals surface area contributed by atoms with Crippen molar-refractivity contribution in [3.8, 4) is 5.75 Å². The Balaban J connectivity index is 1.73. The van der Waals surface area contributed by atoms with Crippen molar-refractivity contribution in [2.45, 2.75) is 31.5 Å². The monoisotopic (exact) mass is 306 g/mol. The van der Waals surface area contributed by atoms with Crippen molar-refractivity contribution >= 4 is 11.6 Å². The summed E-state index contributed by atoms with van der Waals surface area (Å²) in [5.41, 5.74) is 0.983. The highest BCUT2D eigenvalue weighted by atomic mass is 35.5. The molecule has 0 spiro atoms. The zero-order chi connectivity index (χ0) is 14.9. The molecule has 1 N–H and O–H groups in total. The molecule has 1 saturated carbocycles. The summed E-state index contributed by atoms with van der Waals surface area (Å²) in [7, 11) is 0. The lowest BCUT2D eigenvalue weighted by Gasteiger charge is -2.13. The Morgan fingerprint density at radius 3 is 2.48 bits per heavy atom. The molecule has 0 aliphatic heterocycles. The van der Waals surface area contributed by atoms with Crippen LogP contribution in [-0.2, 0) is 13.0 Å². The zero-order valence-corrected chi connectivity index (χ0v) is 12.2.